The molecule has 9 rings (SSSR count). The zero-order valence-corrected chi connectivity index (χ0v) is 37.4. The van der Waals surface area contributed by atoms with Crippen LogP contribution in [0.5, 0.6) is 0 Å². The molecule has 3 heterocycles. The van der Waals surface area contributed by atoms with E-state index in [1.165, 1.54) is 5.57 Å². The third-order valence-electron chi connectivity index (χ3n) is 20.4. The predicted octanol–water partition coefficient (Wildman–Crippen LogP) is 3.97. The molecule has 8 aliphatic rings. The lowest BCUT2D eigenvalue weighted by atomic mass is 9.31. The van der Waals surface area contributed by atoms with E-state index in [-0.39, 0.29) is 77.1 Å². The maximum Gasteiger partial charge on any atom is 0.310 e. The molecule has 0 bridgehead atoms. The number of aliphatic hydroxyl groups is 6. The number of hydrogen-bond donors (Lipinski definition) is 9. The van der Waals surface area contributed by atoms with Crippen LogP contribution in [-0.4, -0.2) is 120 Å². The fourth-order valence-corrected chi connectivity index (χ4v) is 16.7. The maximum atomic E-state index is 13.7. The first-order valence-electron chi connectivity index (χ1n) is 23.7. The molecule has 5 saturated carbocycles. The molecular weight excluding hydrogens is 795 g/mol. The van der Waals surface area contributed by atoms with Gasteiger partial charge in [-0.05, 0) is 122 Å². The molecule has 1 amide bonds. The van der Waals surface area contributed by atoms with Gasteiger partial charge in [0.25, 0.3) is 0 Å². The Bertz CT molecular complexity index is 1910. The van der Waals surface area contributed by atoms with E-state index in [0.29, 0.717) is 57.8 Å². The number of carbonyl (C=O) groups excluding carboxylic acids is 1. The molecule has 0 radical (unpaired) electrons. The Labute approximate surface area is 365 Å². The van der Waals surface area contributed by atoms with E-state index in [0.717, 1.165) is 37.8 Å². The number of ether oxygens (including phenoxy) is 2. The zero-order chi connectivity index (χ0) is 44.4. The van der Waals surface area contributed by atoms with E-state index >= 15 is 0 Å². The van der Waals surface area contributed by atoms with E-state index in [1.54, 1.807) is 6.33 Å². The minimum atomic E-state index is -1.59. The Balaban J connectivity index is 1.16. The molecule has 2 aliphatic heterocycles. The number of rotatable bonds is 9. The number of aliphatic hydroxyl groups excluding tert-OH is 6. The molecule has 2 saturated heterocycles. The van der Waals surface area contributed by atoms with Crippen molar-refractivity contribution in [2.24, 2.45) is 62.1 Å². The molecule has 14 heteroatoms. The highest BCUT2D eigenvalue weighted by Gasteiger charge is 2.74. The second-order valence-corrected chi connectivity index (χ2v) is 23.0. The smallest absolute Gasteiger partial charge is 0.310 e. The Morgan fingerprint density at radius 1 is 0.919 bits per heavy atom. The summed E-state index contributed by atoms with van der Waals surface area (Å²) in [4.78, 5) is 34.9. The van der Waals surface area contributed by atoms with Gasteiger partial charge >= 0.3 is 5.97 Å². The van der Waals surface area contributed by atoms with Gasteiger partial charge in [-0.1, -0.05) is 59.1 Å². The highest BCUT2D eigenvalue weighted by atomic mass is 16.7. The summed E-state index contributed by atoms with van der Waals surface area (Å²) >= 11 is 0. The predicted molar refractivity (Wildman–Crippen MR) is 226 cm³/mol. The number of carbonyl (C=O) groups is 2. The summed E-state index contributed by atoms with van der Waals surface area (Å²) in [5.41, 5.74) is -1.76. The number of imidazole rings is 1. The van der Waals surface area contributed by atoms with Crippen molar-refractivity contribution in [3.8, 4) is 0 Å². The molecule has 0 aromatic carbocycles. The Morgan fingerprint density at radius 2 is 1.65 bits per heavy atom. The van der Waals surface area contributed by atoms with Crippen molar-refractivity contribution in [2.75, 3.05) is 19.8 Å². The number of aliphatic carboxylic acids is 1. The average Bonchev–Trinajstić information content (AvgIpc) is 4.04. The van der Waals surface area contributed by atoms with Gasteiger partial charge in [-0.3, -0.25) is 9.59 Å². The fourth-order valence-electron chi connectivity index (χ4n) is 16.7. The Morgan fingerprint density at radius 3 is 2.31 bits per heavy atom. The number of allylic oxidation sites excluding steroid dienone is 2. The number of nitrogens with one attached hydrogen (secondary N) is 2. The van der Waals surface area contributed by atoms with Crippen molar-refractivity contribution in [1.29, 1.82) is 0 Å². The molecule has 1 aromatic heterocycles. The van der Waals surface area contributed by atoms with Crippen molar-refractivity contribution in [3.05, 3.63) is 29.9 Å². The van der Waals surface area contributed by atoms with E-state index < -0.39 is 64.9 Å². The van der Waals surface area contributed by atoms with Gasteiger partial charge in [-0.15, -0.1) is 0 Å². The highest BCUT2D eigenvalue weighted by Crippen LogP contribution is 2.77. The summed E-state index contributed by atoms with van der Waals surface area (Å²) in [5.74, 6) is -1.79. The van der Waals surface area contributed by atoms with Crippen LogP contribution in [0.3, 0.4) is 0 Å². The maximum absolute atomic E-state index is 13.7. The fraction of sp³-hybridized carbons (Fsp3) is 0.854. The van der Waals surface area contributed by atoms with Gasteiger partial charge in [0.05, 0.1) is 37.2 Å². The van der Waals surface area contributed by atoms with Crippen molar-refractivity contribution in [3.63, 3.8) is 0 Å². The van der Waals surface area contributed by atoms with Crippen LogP contribution in [0.2, 0.25) is 0 Å². The number of amides is 1. The number of carboxylic acids is 1. The first kappa shape index (κ1) is 44.8. The van der Waals surface area contributed by atoms with E-state index in [1.807, 2.05) is 13.1 Å². The summed E-state index contributed by atoms with van der Waals surface area (Å²) in [6, 6.07) is -0.210. The van der Waals surface area contributed by atoms with Crippen molar-refractivity contribution in [1.82, 2.24) is 15.3 Å². The lowest BCUT2D eigenvalue weighted by molar-refractivity contribution is -0.340. The number of nitrogens with zero attached hydrogens (tertiary/aromatic N) is 1. The Kier molecular flexibility index (Phi) is 11.1. The lowest BCUT2D eigenvalue weighted by Gasteiger charge is -2.73. The monoisotopic (exact) mass is 868 g/mol. The Hall–Kier alpha value is -2.43. The van der Waals surface area contributed by atoms with Crippen molar-refractivity contribution < 1.29 is 54.8 Å². The number of fused-ring (bicyclic) bond motifs is 7. The molecule has 14 nitrogen and oxygen atoms in total. The van der Waals surface area contributed by atoms with Gasteiger partial charge < -0.3 is 55.5 Å². The van der Waals surface area contributed by atoms with Crippen LogP contribution >= 0.6 is 0 Å². The van der Waals surface area contributed by atoms with Crippen molar-refractivity contribution in [2.45, 2.75) is 173 Å². The number of H-pyrrole nitrogens is 1. The summed E-state index contributed by atoms with van der Waals surface area (Å²) in [6.07, 6.45) is 7.77. The van der Waals surface area contributed by atoms with Gasteiger partial charge in [0.2, 0.25) is 5.91 Å². The topological polar surface area (TPSA) is 235 Å². The number of aromatic nitrogens is 2. The van der Waals surface area contributed by atoms with Gasteiger partial charge in [-0.25, -0.2) is 4.98 Å². The van der Waals surface area contributed by atoms with Crippen LogP contribution in [0.4, 0.5) is 0 Å². The number of aromatic amines is 1. The SMILES string of the molecule is CC1(CO)CCC2(C(=O)O)CCC3(C)C(=CCC4C5(C)C(CC6CC(=O)NC6C6(c7cnc[nH]7)CCCC6)C(O)C(OC6OCC(O)C(O)C6O)C(C)(CO)C5CCC43C)C2C1. The molecule has 0 spiro atoms. The van der Waals surface area contributed by atoms with Crippen LogP contribution in [0, 0.1) is 62.1 Å². The minimum Gasteiger partial charge on any atom is -0.481 e. The number of carboxylic acid groups (broad SMARTS) is 1. The largest absolute Gasteiger partial charge is 0.481 e. The van der Waals surface area contributed by atoms with Crippen LogP contribution in [0.15, 0.2) is 24.2 Å². The summed E-state index contributed by atoms with van der Waals surface area (Å²) in [6.45, 7) is 10.5. The molecule has 346 valence electrons. The van der Waals surface area contributed by atoms with Gasteiger partial charge in [0.1, 0.15) is 18.3 Å². The third kappa shape index (κ3) is 6.12. The van der Waals surface area contributed by atoms with Gasteiger partial charge in [0, 0.05) is 41.8 Å². The van der Waals surface area contributed by atoms with Gasteiger partial charge in [0.15, 0.2) is 6.29 Å². The molecule has 62 heavy (non-hydrogen) atoms. The molecule has 18 unspecified atom stereocenters. The van der Waals surface area contributed by atoms with Crippen molar-refractivity contribution >= 4 is 11.9 Å². The molecule has 18 atom stereocenters. The van der Waals surface area contributed by atoms with Crippen LogP contribution in [0.25, 0.3) is 0 Å². The molecular formula is C48H73N3O11. The van der Waals surface area contributed by atoms with Gasteiger partial charge in [-0.2, -0.15) is 0 Å². The second kappa shape index (κ2) is 15.3. The molecule has 1 aromatic rings. The molecule has 7 fully saturated rings. The standard InChI is InChI=1S/C48H73N3O11/c1-42(23-52)14-16-47(41(59)60)17-15-44(3)27(29(47)20-42)8-9-32-45(44,4)13-10-31-43(2,24-53)39(62-40-37(58)36(57)30(54)22-61-40)35(56)28(46(31,32)5)18-26-19-34(55)51-38(26)48(11-6-7-12-48)33-21-49-25-50-33/h8,21,25-26,28-32,35-40,52-54,56-58H,6-7,9-20,22-24H2,1-5H3,(H,49,50)(H,51,55)(H,59,60). The summed E-state index contributed by atoms with van der Waals surface area (Å²) in [5, 5.41) is 82.1. The summed E-state index contributed by atoms with van der Waals surface area (Å²) < 4.78 is 12.5. The summed E-state index contributed by atoms with van der Waals surface area (Å²) in [7, 11) is 0. The molecule has 6 aliphatic carbocycles. The zero-order valence-electron chi connectivity index (χ0n) is 37.4. The van der Waals surface area contributed by atoms with E-state index in [2.05, 4.69) is 49.1 Å². The first-order chi connectivity index (χ1) is 29.3. The highest BCUT2D eigenvalue weighted by molar-refractivity contribution is 5.79. The van der Waals surface area contributed by atoms with Crippen LogP contribution < -0.4 is 5.32 Å². The third-order valence-corrected chi connectivity index (χ3v) is 20.4. The minimum absolute atomic E-state index is 0.00896. The van der Waals surface area contributed by atoms with E-state index in [4.69, 9.17) is 9.47 Å². The van der Waals surface area contributed by atoms with Crippen LogP contribution in [0.1, 0.15) is 130 Å². The molecule has 9 N–H and O–H groups in total. The second-order valence-electron chi connectivity index (χ2n) is 23.0. The van der Waals surface area contributed by atoms with Crippen LogP contribution in [-0.2, 0) is 24.5 Å². The number of hydrogen-bond acceptors (Lipinski definition) is 11. The van der Waals surface area contributed by atoms with E-state index in [9.17, 15) is 45.3 Å². The average molecular weight is 868 g/mol. The quantitative estimate of drug-likeness (QED) is 0.127. The first-order valence-corrected chi connectivity index (χ1v) is 23.7. The normalized spacial score (nSPS) is 51.0. The lowest BCUT2D eigenvalue weighted by Crippen LogP contribution is -2.72.